The summed E-state index contributed by atoms with van der Waals surface area (Å²) < 4.78 is 5.87. The van der Waals surface area contributed by atoms with Crippen LogP contribution < -0.4 is 0 Å². The number of rotatable bonds is 7. The molecule has 0 aromatic carbocycles. The minimum atomic E-state index is -0.387. The maximum atomic E-state index is 12.6. The molecule has 6 heteroatoms. The van der Waals surface area contributed by atoms with E-state index in [2.05, 4.69) is 41.5 Å². The second kappa shape index (κ2) is 11.6. The Morgan fingerprint density at radius 2 is 1.72 bits per heavy atom. The second-order valence-corrected chi connectivity index (χ2v) is 17.2. The fourth-order valence-corrected chi connectivity index (χ4v) is 10.5. The Balaban J connectivity index is 1.46. The molecule has 4 rings (SSSR count). The molecule has 39 heavy (non-hydrogen) atoms. The third kappa shape index (κ3) is 6.00. The lowest BCUT2D eigenvalue weighted by atomic mass is 9.43. The van der Waals surface area contributed by atoms with Crippen LogP contribution in [0.1, 0.15) is 120 Å². The van der Waals surface area contributed by atoms with E-state index in [-0.39, 0.29) is 56.8 Å². The van der Waals surface area contributed by atoms with E-state index in [1.165, 1.54) is 11.8 Å². The zero-order valence-corrected chi connectivity index (χ0v) is 26.7. The van der Waals surface area contributed by atoms with Gasteiger partial charge in [-0.05, 0) is 104 Å². The lowest BCUT2D eigenvalue weighted by Gasteiger charge is -2.63. The number of hydrogen-bond donors (Lipinski definition) is 2. The van der Waals surface area contributed by atoms with Gasteiger partial charge in [0.1, 0.15) is 6.10 Å². The summed E-state index contributed by atoms with van der Waals surface area (Å²) in [6, 6.07) is 0. The van der Waals surface area contributed by atoms with Crippen LogP contribution in [0, 0.1) is 52.3 Å². The van der Waals surface area contributed by atoms with E-state index in [0.717, 1.165) is 57.8 Å². The molecule has 0 saturated heterocycles. The van der Waals surface area contributed by atoms with Crippen LogP contribution in [0.5, 0.6) is 0 Å². The normalized spacial score (nSPS) is 43.5. The van der Waals surface area contributed by atoms with E-state index < -0.39 is 0 Å². The second-order valence-electron chi connectivity index (χ2n) is 15.3. The Labute approximate surface area is 242 Å². The highest BCUT2D eigenvalue weighted by molar-refractivity contribution is 8.14. The van der Waals surface area contributed by atoms with Gasteiger partial charge in [-0.1, -0.05) is 67.2 Å². The molecule has 224 valence electrons. The summed E-state index contributed by atoms with van der Waals surface area (Å²) in [5, 5.41) is 23.8. The molecule has 0 aliphatic heterocycles. The van der Waals surface area contributed by atoms with Crippen molar-refractivity contribution in [2.45, 2.75) is 143 Å². The van der Waals surface area contributed by atoms with Gasteiger partial charge in [-0.2, -0.15) is 0 Å². The number of hydrogen-bond acceptors (Lipinski definition) is 6. The molecule has 0 aromatic heterocycles. The van der Waals surface area contributed by atoms with Crippen molar-refractivity contribution in [1.29, 1.82) is 0 Å². The molecule has 10 unspecified atom stereocenters. The highest BCUT2D eigenvalue weighted by Crippen LogP contribution is 2.68. The lowest BCUT2D eigenvalue weighted by molar-refractivity contribution is -0.210. The number of fused-ring (bicyclic) bond motifs is 5. The molecule has 4 saturated carbocycles. The van der Waals surface area contributed by atoms with Gasteiger partial charge in [0.15, 0.2) is 5.12 Å². The van der Waals surface area contributed by atoms with Crippen molar-refractivity contribution >= 4 is 22.8 Å². The maximum Gasteiger partial charge on any atom is 0.308 e. The first-order valence-electron chi connectivity index (χ1n) is 15.9. The lowest BCUT2D eigenvalue weighted by Crippen LogP contribution is -2.62. The molecule has 0 spiro atoms. The average molecular weight is 565 g/mol. The zero-order chi connectivity index (χ0) is 28.9. The van der Waals surface area contributed by atoms with Crippen molar-refractivity contribution in [2.75, 3.05) is 0 Å². The number of aliphatic hydroxyl groups excluding tert-OH is 2. The minimum absolute atomic E-state index is 0.0528. The molecule has 0 heterocycles. The number of carbonyl (C=O) groups excluding carboxylic acids is 2. The predicted octanol–water partition coefficient (Wildman–Crippen LogP) is 7.02. The quantitative estimate of drug-likeness (QED) is 0.323. The molecule has 2 N–H and O–H groups in total. The first-order valence-corrected chi connectivity index (χ1v) is 16.7. The van der Waals surface area contributed by atoms with Gasteiger partial charge in [0.05, 0.1) is 18.1 Å². The van der Waals surface area contributed by atoms with Crippen LogP contribution in [0.2, 0.25) is 0 Å². The van der Waals surface area contributed by atoms with Crippen LogP contribution in [0.25, 0.3) is 0 Å². The molecular formula is C33H56O5S. The summed E-state index contributed by atoms with van der Waals surface area (Å²) in [5.41, 5.74) is -0.153. The van der Waals surface area contributed by atoms with E-state index in [1.807, 2.05) is 13.8 Å². The van der Waals surface area contributed by atoms with Gasteiger partial charge in [0, 0.05) is 11.2 Å². The standard InChI is InChI=1S/C33H56O5S/c1-9-19(2)30(37)38-22-14-15-32(7)21(16-22)17-26(34)29-24-12-11-23(33(24,8)27(35)18-25(29)32)20(3)10-13-28(36)39-31(4,5)6/h19-27,29,34-35H,9-18H2,1-8H3/t19?,20?,21?,22?,23?,24?,25?,26?,27?,29?,32-,33+/m0/s1. The van der Waals surface area contributed by atoms with E-state index in [1.54, 1.807) is 0 Å². The molecule has 0 aromatic rings. The van der Waals surface area contributed by atoms with Gasteiger partial charge < -0.3 is 14.9 Å². The Morgan fingerprint density at radius 3 is 2.36 bits per heavy atom. The highest BCUT2D eigenvalue weighted by Gasteiger charge is 2.65. The SMILES string of the molecule is CCC(C)C(=O)OC1CC[C@@]2(C)C(C1)CC(O)C1C2CC(O)[C@]2(C)C(C(C)CCC(=O)SC(C)(C)C)CCC12. The Kier molecular flexibility index (Phi) is 9.32. The van der Waals surface area contributed by atoms with Crippen molar-refractivity contribution < 1.29 is 24.5 Å². The summed E-state index contributed by atoms with van der Waals surface area (Å²) in [6.07, 6.45) is 7.81. The number of thioether (sulfide) groups is 1. The molecule has 12 atom stereocenters. The Morgan fingerprint density at radius 1 is 1.03 bits per heavy atom. The molecular weight excluding hydrogens is 508 g/mol. The third-order valence-electron chi connectivity index (χ3n) is 12.0. The first-order chi connectivity index (χ1) is 18.1. The fourth-order valence-electron chi connectivity index (χ4n) is 9.61. The van der Waals surface area contributed by atoms with Crippen LogP contribution >= 0.6 is 11.8 Å². The van der Waals surface area contributed by atoms with Gasteiger partial charge in [0.2, 0.25) is 0 Å². The highest BCUT2D eigenvalue weighted by atomic mass is 32.2. The van der Waals surface area contributed by atoms with Gasteiger partial charge in [-0.25, -0.2) is 0 Å². The first kappa shape index (κ1) is 31.3. The fraction of sp³-hybridized carbons (Fsp3) is 0.939. The molecule has 5 nitrogen and oxygen atoms in total. The van der Waals surface area contributed by atoms with E-state index in [0.29, 0.717) is 36.0 Å². The van der Waals surface area contributed by atoms with Crippen molar-refractivity contribution in [2.24, 2.45) is 52.3 Å². The van der Waals surface area contributed by atoms with Crippen LogP contribution in [-0.2, 0) is 14.3 Å². The monoisotopic (exact) mass is 564 g/mol. The van der Waals surface area contributed by atoms with Gasteiger partial charge in [-0.3, -0.25) is 9.59 Å². The smallest absolute Gasteiger partial charge is 0.308 e. The Bertz CT molecular complexity index is 899. The van der Waals surface area contributed by atoms with Crippen molar-refractivity contribution in [3.63, 3.8) is 0 Å². The maximum absolute atomic E-state index is 12.6. The van der Waals surface area contributed by atoms with Crippen molar-refractivity contribution in [3.8, 4) is 0 Å². The molecule has 0 bridgehead atoms. The predicted molar refractivity (Wildman–Crippen MR) is 158 cm³/mol. The molecule has 0 radical (unpaired) electrons. The molecule has 0 amide bonds. The van der Waals surface area contributed by atoms with Gasteiger partial charge in [0.25, 0.3) is 0 Å². The van der Waals surface area contributed by atoms with Gasteiger partial charge in [-0.15, -0.1) is 0 Å². The summed E-state index contributed by atoms with van der Waals surface area (Å²) in [4.78, 5) is 25.1. The minimum Gasteiger partial charge on any atom is -0.462 e. The summed E-state index contributed by atoms with van der Waals surface area (Å²) >= 11 is 1.45. The zero-order valence-electron chi connectivity index (χ0n) is 25.9. The van der Waals surface area contributed by atoms with Gasteiger partial charge >= 0.3 is 5.97 Å². The molecule has 4 fully saturated rings. The number of ether oxygens (including phenoxy) is 1. The van der Waals surface area contributed by atoms with Crippen LogP contribution in [-0.4, -0.2) is 44.4 Å². The topological polar surface area (TPSA) is 83.8 Å². The Hall–Kier alpha value is -0.590. The van der Waals surface area contributed by atoms with Crippen LogP contribution in [0.3, 0.4) is 0 Å². The molecule has 4 aliphatic carbocycles. The number of aliphatic hydroxyl groups is 2. The summed E-state index contributed by atoms with van der Waals surface area (Å²) in [5.74, 6) is 1.73. The summed E-state index contributed by atoms with van der Waals surface area (Å²) in [7, 11) is 0. The van der Waals surface area contributed by atoms with Crippen molar-refractivity contribution in [1.82, 2.24) is 0 Å². The van der Waals surface area contributed by atoms with Crippen molar-refractivity contribution in [3.05, 3.63) is 0 Å². The summed E-state index contributed by atoms with van der Waals surface area (Å²) in [6.45, 7) is 17.2. The number of esters is 1. The number of carbonyl (C=O) groups is 2. The van der Waals surface area contributed by atoms with E-state index in [9.17, 15) is 19.8 Å². The third-order valence-corrected chi connectivity index (χ3v) is 13.1. The largest absolute Gasteiger partial charge is 0.462 e. The van der Waals surface area contributed by atoms with E-state index >= 15 is 0 Å². The molecule has 4 aliphatic rings. The van der Waals surface area contributed by atoms with E-state index in [4.69, 9.17) is 4.74 Å². The van der Waals surface area contributed by atoms with Crippen LogP contribution in [0.15, 0.2) is 0 Å². The van der Waals surface area contributed by atoms with Crippen LogP contribution in [0.4, 0.5) is 0 Å². The average Bonchev–Trinajstić information content (AvgIpc) is 3.21.